The second-order valence-corrected chi connectivity index (χ2v) is 5.80. The van der Waals surface area contributed by atoms with Gasteiger partial charge in [-0.2, -0.15) is 0 Å². The van der Waals surface area contributed by atoms with Crippen LogP contribution in [-0.4, -0.2) is 39.1 Å². The standard InChI is InChI=1S/C19H17N5O4/c25-19(26)16-12-23-18(10-15(16)13-4-2-1-3-5-13)21-9-8-20-17-7-6-14(11-22-17)24(27)28/h1-7,10-12H,8-9H2,(H,20,22)(H,21,23)(H,25,26). The molecule has 9 heteroatoms. The lowest BCUT2D eigenvalue weighted by Crippen LogP contribution is -2.15. The number of hydrogen-bond donors (Lipinski definition) is 3. The van der Waals surface area contributed by atoms with Gasteiger partial charge in [0, 0.05) is 30.9 Å². The summed E-state index contributed by atoms with van der Waals surface area (Å²) in [6.45, 7) is 0.986. The number of hydrogen-bond acceptors (Lipinski definition) is 7. The Kier molecular flexibility index (Phi) is 5.75. The van der Waals surface area contributed by atoms with Crippen molar-refractivity contribution in [3.8, 4) is 11.1 Å². The summed E-state index contributed by atoms with van der Waals surface area (Å²) >= 11 is 0. The van der Waals surface area contributed by atoms with Crippen LogP contribution in [0.4, 0.5) is 17.3 Å². The van der Waals surface area contributed by atoms with Gasteiger partial charge in [-0.25, -0.2) is 14.8 Å². The van der Waals surface area contributed by atoms with Gasteiger partial charge < -0.3 is 15.7 Å². The molecule has 0 unspecified atom stereocenters. The van der Waals surface area contributed by atoms with Crippen molar-refractivity contribution in [2.24, 2.45) is 0 Å². The Labute approximate surface area is 160 Å². The van der Waals surface area contributed by atoms with Crippen LogP contribution < -0.4 is 10.6 Å². The zero-order chi connectivity index (χ0) is 19.9. The average molecular weight is 379 g/mol. The maximum absolute atomic E-state index is 11.5. The van der Waals surface area contributed by atoms with Gasteiger partial charge in [0.05, 0.1) is 10.5 Å². The van der Waals surface area contributed by atoms with Gasteiger partial charge in [0.2, 0.25) is 0 Å². The number of nitro groups is 1. The maximum Gasteiger partial charge on any atom is 0.337 e. The highest BCUT2D eigenvalue weighted by molar-refractivity contribution is 5.96. The second kappa shape index (κ2) is 8.58. The Bertz CT molecular complexity index is 977. The quantitative estimate of drug-likeness (QED) is 0.309. The molecule has 0 spiro atoms. The third-order valence-corrected chi connectivity index (χ3v) is 3.92. The summed E-state index contributed by atoms with van der Waals surface area (Å²) in [5.41, 5.74) is 1.43. The summed E-state index contributed by atoms with van der Waals surface area (Å²) in [5.74, 6) is 0.0256. The summed E-state index contributed by atoms with van der Waals surface area (Å²) in [6, 6.07) is 13.8. The molecule has 0 fully saturated rings. The molecular formula is C19H17N5O4. The van der Waals surface area contributed by atoms with E-state index in [1.165, 1.54) is 24.5 Å². The van der Waals surface area contributed by atoms with Gasteiger partial charge in [-0.3, -0.25) is 10.1 Å². The van der Waals surface area contributed by atoms with Gasteiger partial charge in [0.25, 0.3) is 5.69 Å². The van der Waals surface area contributed by atoms with Gasteiger partial charge in [-0.15, -0.1) is 0 Å². The fourth-order valence-corrected chi connectivity index (χ4v) is 2.56. The van der Waals surface area contributed by atoms with Crippen molar-refractivity contribution in [1.29, 1.82) is 0 Å². The van der Waals surface area contributed by atoms with E-state index in [2.05, 4.69) is 20.6 Å². The van der Waals surface area contributed by atoms with Crippen molar-refractivity contribution in [1.82, 2.24) is 9.97 Å². The molecule has 0 saturated heterocycles. The normalized spacial score (nSPS) is 10.3. The molecule has 3 rings (SSSR count). The lowest BCUT2D eigenvalue weighted by molar-refractivity contribution is -0.385. The first-order chi connectivity index (χ1) is 13.5. The summed E-state index contributed by atoms with van der Waals surface area (Å²) in [6.07, 6.45) is 2.52. The number of carboxylic acids is 1. The van der Waals surface area contributed by atoms with Crippen LogP contribution in [0.2, 0.25) is 0 Å². The van der Waals surface area contributed by atoms with Crippen molar-refractivity contribution in [3.63, 3.8) is 0 Å². The third-order valence-electron chi connectivity index (χ3n) is 3.92. The molecule has 28 heavy (non-hydrogen) atoms. The molecule has 0 aliphatic heterocycles. The second-order valence-electron chi connectivity index (χ2n) is 5.80. The van der Waals surface area contributed by atoms with Gasteiger partial charge in [-0.1, -0.05) is 30.3 Å². The molecule has 3 aromatic rings. The van der Waals surface area contributed by atoms with Crippen LogP contribution >= 0.6 is 0 Å². The first kappa shape index (κ1) is 18.8. The van der Waals surface area contributed by atoms with Gasteiger partial charge in [-0.05, 0) is 17.7 Å². The van der Waals surface area contributed by atoms with Crippen LogP contribution in [0.5, 0.6) is 0 Å². The number of pyridine rings is 2. The van der Waals surface area contributed by atoms with E-state index in [1.54, 1.807) is 6.07 Å². The smallest absolute Gasteiger partial charge is 0.337 e. The van der Waals surface area contributed by atoms with Gasteiger partial charge in [0.15, 0.2) is 0 Å². The first-order valence-electron chi connectivity index (χ1n) is 8.41. The maximum atomic E-state index is 11.5. The molecule has 0 bridgehead atoms. The van der Waals surface area contributed by atoms with Crippen LogP contribution in [0.25, 0.3) is 11.1 Å². The fraction of sp³-hybridized carbons (Fsp3) is 0.105. The largest absolute Gasteiger partial charge is 0.478 e. The van der Waals surface area contributed by atoms with E-state index in [9.17, 15) is 20.0 Å². The zero-order valence-electron chi connectivity index (χ0n) is 14.7. The lowest BCUT2D eigenvalue weighted by atomic mass is 10.0. The molecule has 1 aromatic carbocycles. The number of anilines is 2. The Balaban J connectivity index is 1.63. The predicted molar refractivity (Wildman–Crippen MR) is 105 cm³/mol. The van der Waals surface area contributed by atoms with E-state index in [0.29, 0.717) is 30.3 Å². The van der Waals surface area contributed by atoms with E-state index in [0.717, 1.165) is 5.56 Å². The SMILES string of the molecule is O=C(O)c1cnc(NCCNc2ccc([N+](=O)[O-])cn2)cc1-c1ccccc1. The van der Waals surface area contributed by atoms with E-state index < -0.39 is 10.9 Å². The molecule has 0 saturated carbocycles. The van der Waals surface area contributed by atoms with E-state index in [4.69, 9.17) is 0 Å². The molecule has 3 N–H and O–H groups in total. The summed E-state index contributed by atoms with van der Waals surface area (Å²) < 4.78 is 0. The highest BCUT2D eigenvalue weighted by Crippen LogP contribution is 2.25. The van der Waals surface area contributed by atoms with Crippen molar-refractivity contribution < 1.29 is 14.8 Å². The first-order valence-corrected chi connectivity index (χ1v) is 8.41. The number of nitrogens with one attached hydrogen (secondary N) is 2. The summed E-state index contributed by atoms with van der Waals surface area (Å²) in [5, 5.41) is 26.2. The molecule has 0 atom stereocenters. The highest BCUT2D eigenvalue weighted by Gasteiger charge is 2.13. The monoisotopic (exact) mass is 379 g/mol. The number of rotatable bonds is 8. The minimum Gasteiger partial charge on any atom is -0.478 e. The van der Waals surface area contributed by atoms with Crippen LogP contribution in [0.15, 0.2) is 60.9 Å². The third kappa shape index (κ3) is 4.58. The van der Waals surface area contributed by atoms with Crippen LogP contribution in [-0.2, 0) is 0 Å². The molecular weight excluding hydrogens is 362 g/mol. The summed E-state index contributed by atoms with van der Waals surface area (Å²) in [4.78, 5) is 29.7. The van der Waals surface area contributed by atoms with E-state index in [-0.39, 0.29) is 11.3 Å². The fourth-order valence-electron chi connectivity index (χ4n) is 2.56. The Hall–Kier alpha value is -4.01. The minimum atomic E-state index is -1.04. The number of carboxylic acid groups (broad SMARTS) is 1. The van der Waals surface area contributed by atoms with Crippen LogP contribution in [0, 0.1) is 10.1 Å². The minimum absolute atomic E-state index is 0.0696. The Morgan fingerprint density at radius 2 is 1.68 bits per heavy atom. The number of aromatic nitrogens is 2. The van der Waals surface area contributed by atoms with Crippen molar-refractivity contribution in [2.45, 2.75) is 0 Å². The summed E-state index contributed by atoms with van der Waals surface area (Å²) in [7, 11) is 0. The Morgan fingerprint density at radius 1 is 1.00 bits per heavy atom. The highest BCUT2D eigenvalue weighted by atomic mass is 16.6. The molecule has 2 aromatic heterocycles. The molecule has 0 radical (unpaired) electrons. The number of aromatic carboxylic acids is 1. The molecule has 0 amide bonds. The molecule has 0 aliphatic rings. The van der Waals surface area contributed by atoms with Crippen molar-refractivity contribution in [3.05, 3.63) is 76.6 Å². The average Bonchev–Trinajstić information content (AvgIpc) is 2.72. The molecule has 9 nitrogen and oxygen atoms in total. The van der Waals surface area contributed by atoms with Crippen LogP contribution in [0.3, 0.4) is 0 Å². The van der Waals surface area contributed by atoms with E-state index in [1.807, 2.05) is 30.3 Å². The molecule has 0 aliphatic carbocycles. The van der Waals surface area contributed by atoms with Gasteiger partial charge >= 0.3 is 5.97 Å². The lowest BCUT2D eigenvalue weighted by Gasteiger charge is -2.11. The van der Waals surface area contributed by atoms with Crippen molar-refractivity contribution >= 4 is 23.3 Å². The Morgan fingerprint density at radius 3 is 2.29 bits per heavy atom. The topological polar surface area (TPSA) is 130 Å². The zero-order valence-corrected chi connectivity index (χ0v) is 14.7. The number of nitrogens with zero attached hydrogens (tertiary/aromatic N) is 3. The molecule has 2 heterocycles. The van der Waals surface area contributed by atoms with Gasteiger partial charge in [0.1, 0.15) is 17.8 Å². The number of carbonyl (C=O) groups is 1. The van der Waals surface area contributed by atoms with Crippen molar-refractivity contribution in [2.75, 3.05) is 23.7 Å². The number of benzene rings is 1. The van der Waals surface area contributed by atoms with E-state index >= 15 is 0 Å². The van der Waals surface area contributed by atoms with Crippen LogP contribution in [0.1, 0.15) is 10.4 Å². The predicted octanol–water partition coefficient (Wildman–Crippen LogP) is 3.27. The molecule has 142 valence electrons.